The molecule has 114 valence electrons. The summed E-state index contributed by atoms with van der Waals surface area (Å²) in [6.07, 6.45) is 6.57. The molecule has 2 amide bonds. The van der Waals surface area contributed by atoms with Crippen molar-refractivity contribution in [2.75, 3.05) is 19.3 Å². The van der Waals surface area contributed by atoms with Gasteiger partial charge in [0.2, 0.25) is 0 Å². The lowest BCUT2D eigenvalue weighted by atomic mass is 9.95. The van der Waals surface area contributed by atoms with Crippen LogP contribution in [0.15, 0.2) is 0 Å². The van der Waals surface area contributed by atoms with E-state index in [0.717, 1.165) is 19.3 Å². The number of aliphatic carboxylic acids is 1. The topological polar surface area (TPSA) is 69.6 Å². The van der Waals surface area contributed by atoms with Crippen LogP contribution in [0.4, 0.5) is 4.79 Å². The summed E-state index contributed by atoms with van der Waals surface area (Å²) in [5.41, 5.74) is 0. The SMILES string of the molecule is CSC1CCCC(NC(=O)N2C[C@@H](C)[C@H](C(=O)O)C2)C1. The van der Waals surface area contributed by atoms with E-state index in [1.165, 1.54) is 6.42 Å². The normalized spacial score (nSPS) is 34.0. The number of rotatable bonds is 3. The van der Waals surface area contributed by atoms with Crippen molar-refractivity contribution >= 4 is 23.8 Å². The maximum Gasteiger partial charge on any atom is 0.317 e. The van der Waals surface area contributed by atoms with Gasteiger partial charge in [-0.3, -0.25) is 4.79 Å². The second-order valence-electron chi connectivity index (χ2n) is 6.00. The summed E-state index contributed by atoms with van der Waals surface area (Å²) >= 11 is 1.87. The van der Waals surface area contributed by atoms with E-state index in [4.69, 9.17) is 5.11 Å². The maximum absolute atomic E-state index is 12.2. The van der Waals surface area contributed by atoms with Gasteiger partial charge in [0.05, 0.1) is 5.92 Å². The molecule has 0 aromatic rings. The largest absolute Gasteiger partial charge is 0.481 e. The van der Waals surface area contributed by atoms with Crippen molar-refractivity contribution < 1.29 is 14.7 Å². The third kappa shape index (κ3) is 3.59. The highest BCUT2D eigenvalue weighted by molar-refractivity contribution is 7.99. The zero-order valence-corrected chi connectivity index (χ0v) is 13.0. The van der Waals surface area contributed by atoms with Crippen molar-refractivity contribution in [1.29, 1.82) is 0 Å². The molecule has 0 aromatic carbocycles. The summed E-state index contributed by atoms with van der Waals surface area (Å²) < 4.78 is 0. The Kier molecular flexibility index (Phi) is 5.18. The van der Waals surface area contributed by atoms with Crippen LogP contribution in [0.5, 0.6) is 0 Å². The molecule has 1 saturated heterocycles. The van der Waals surface area contributed by atoms with Crippen LogP contribution in [0.1, 0.15) is 32.6 Å². The molecule has 6 heteroatoms. The Labute approximate surface area is 124 Å². The molecule has 2 fully saturated rings. The third-order valence-corrected chi connectivity index (χ3v) is 5.60. The first kappa shape index (κ1) is 15.5. The molecule has 2 aliphatic rings. The number of carboxylic acids is 1. The summed E-state index contributed by atoms with van der Waals surface area (Å²) in [5.74, 6) is -1.19. The smallest absolute Gasteiger partial charge is 0.317 e. The van der Waals surface area contributed by atoms with Crippen molar-refractivity contribution in [2.24, 2.45) is 11.8 Å². The number of thioether (sulfide) groups is 1. The zero-order valence-electron chi connectivity index (χ0n) is 12.2. The number of hydrogen-bond acceptors (Lipinski definition) is 3. The van der Waals surface area contributed by atoms with Gasteiger partial charge < -0.3 is 15.3 Å². The van der Waals surface area contributed by atoms with Gasteiger partial charge in [-0.2, -0.15) is 11.8 Å². The number of hydrogen-bond donors (Lipinski definition) is 2. The lowest BCUT2D eigenvalue weighted by Crippen LogP contribution is -2.46. The monoisotopic (exact) mass is 300 g/mol. The Morgan fingerprint density at radius 3 is 2.65 bits per heavy atom. The second kappa shape index (κ2) is 6.70. The van der Waals surface area contributed by atoms with Crippen molar-refractivity contribution in [1.82, 2.24) is 10.2 Å². The minimum atomic E-state index is -0.798. The fourth-order valence-electron chi connectivity index (χ4n) is 3.21. The molecule has 1 aliphatic carbocycles. The number of carbonyl (C=O) groups is 2. The van der Waals surface area contributed by atoms with Crippen molar-refractivity contribution in [2.45, 2.75) is 43.9 Å². The van der Waals surface area contributed by atoms with Gasteiger partial charge in [-0.1, -0.05) is 13.3 Å². The first-order valence-electron chi connectivity index (χ1n) is 7.32. The summed E-state index contributed by atoms with van der Waals surface area (Å²) in [6, 6.07) is 0.153. The molecular weight excluding hydrogens is 276 g/mol. The molecule has 2 N–H and O–H groups in total. The molecule has 1 heterocycles. The molecule has 1 aliphatic heterocycles. The Bertz CT molecular complexity index is 377. The van der Waals surface area contributed by atoms with E-state index < -0.39 is 11.9 Å². The highest BCUT2D eigenvalue weighted by Gasteiger charge is 2.37. The lowest BCUT2D eigenvalue weighted by molar-refractivity contribution is -0.142. The fraction of sp³-hybridized carbons (Fsp3) is 0.857. The quantitative estimate of drug-likeness (QED) is 0.836. The molecule has 2 rings (SSSR count). The van der Waals surface area contributed by atoms with Gasteiger partial charge >= 0.3 is 12.0 Å². The Morgan fingerprint density at radius 2 is 2.05 bits per heavy atom. The molecule has 5 nitrogen and oxygen atoms in total. The van der Waals surface area contributed by atoms with E-state index in [1.807, 2.05) is 18.7 Å². The number of carbonyl (C=O) groups excluding carboxylic acids is 1. The lowest BCUT2D eigenvalue weighted by Gasteiger charge is -2.30. The fourth-order valence-corrected chi connectivity index (χ4v) is 4.04. The van der Waals surface area contributed by atoms with Crippen molar-refractivity contribution in [3.05, 3.63) is 0 Å². The van der Waals surface area contributed by atoms with E-state index in [0.29, 0.717) is 18.3 Å². The Balaban J connectivity index is 1.85. The molecule has 0 radical (unpaired) electrons. The van der Waals surface area contributed by atoms with Crippen LogP contribution in [0.25, 0.3) is 0 Å². The van der Waals surface area contributed by atoms with E-state index in [-0.39, 0.29) is 18.0 Å². The van der Waals surface area contributed by atoms with Gasteiger partial charge in [0.1, 0.15) is 0 Å². The first-order chi connectivity index (χ1) is 9.51. The number of carboxylic acid groups (broad SMARTS) is 1. The first-order valence-corrected chi connectivity index (χ1v) is 8.61. The van der Waals surface area contributed by atoms with Crippen LogP contribution in [-0.4, -0.2) is 52.6 Å². The average Bonchev–Trinajstić information content (AvgIpc) is 2.81. The van der Waals surface area contributed by atoms with E-state index in [1.54, 1.807) is 4.90 Å². The number of nitrogens with one attached hydrogen (secondary N) is 1. The highest BCUT2D eigenvalue weighted by atomic mass is 32.2. The van der Waals surface area contributed by atoms with Gasteiger partial charge in [-0.05, 0) is 31.4 Å². The molecule has 20 heavy (non-hydrogen) atoms. The van der Waals surface area contributed by atoms with Crippen LogP contribution >= 0.6 is 11.8 Å². The van der Waals surface area contributed by atoms with Gasteiger partial charge in [-0.15, -0.1) is 0 Å². The molecule has 0 bridgehead atoms. The van der Waals surface area contributed by atoms with Crippen molar-refractivity contribution in [3.63, 3.8) is 0 Å². The van der Waals surface area contributed by atoms with Gasteiger partial charge in [-0.25, -0.2) is 4.79 Å². The summed E-state index contributed by atoms with van der Waals surface area (Å²) in [4.78, 5) is 25.0. The van der Waals surface area contributed by atoms with Crippen LogP contribution in [0.2, 0.25) is 0 Å². The number of likely N-dealkylation sites (tertiary alicyclic amines) is 1. The predicted molar refractivity (Wildman–Crippen MR) is 80.0 cm³/mol. The van der Waals surface area contributed by atoms with Gasteiger partial charge in [0.15, 0.2) is 0 Å². The van der Waals surface area contributed by atoms with Crippen LogP contribution < -0.4 is 5.32 Å². The summed E-state index contributed by atoms with van der Waals surface area (Å²) in [7, 11) is 0. The van der Waals surface area contributed by atoms with E-state index in [9.17, 15) is 9.59 Å². The standard InChI is InChI=1S/C14H24N2O3S/c1-9-7-16(8-12(9)13(17)18)14(19)15-10-4-3-5-11(6-10)20-2/h9-12H,3-8H2,1-2H3,(H,15,19)(H,17,18)/t9-,10?,11?,12-/m1/s1. The maximum atomic E-state index is 12.2. The molecule has 0 spiro atoms. The summed E-state index contributed by atoms with van der Waals surface area (Å²) in [6.45, 7) is 2.78. The number of nitrogens with zero attached hydrogens (tertiary/aromatic N) is 1. The van der Waals surface area contributed by atoms with Crippen LogP contribution in [-0.2, 0) is 4.79 Å². The number of urea groups is 1. The van der Waals surface area contributed by atoms with Gasteiger partial charge in [0.25, 0.3) is 0 Å². The molecule has 2 unspecified atom stereocenters. The molecule has 1 saturated carbocycles. The summed E-state index contributed by atoms with van der Waals surface area (Å²) in [5, 5.41) is 12.8. The van der Waals surface area contributed by atoms with Crippen LogP contribution in [0, 0.1) is 11.8 Å². The predicted octanol–water partition coefficient (Wildman–Crippen LogP) is 2.02. The van der Waals surface area contributed by atoms with Gasteiger partial charge in [0, 0.05) is 24.4 Å². The van der Waals surface area contributed by atoms with Crippen LogP contribution in [0.3, 0.4) is 0 Å². The highest BCUT2D eigenvalue weighted by Crippen LogP contribution is 2.28. The molecule has 4 atom stereocenters. The Hall–Kier alpha value is -0.910. The number of amides is 2. The van der Waals surface area contributed by atoms with E-state index in [2.05, 4.69) is 11.6 Å². The molecule has 0 aromatic heterocycles. The minimum absolute atomic E-state index is 0.0311. The third-order valence-electron chi connectivity index (χ3n) is 4.50. The zero-order chi connectivity index (χ0) is 14.7. The average molecular weight is 300 g/mol. The van der Waals surface area contributed by atoms with E-state index >= 15 is 0 Å². The second-order valence-corrected chi connectivity index (χ2v) is 7.14. The molecular formula is C14H24N2O3S. The minimum Gasteiger partial charge on any atom is -0.481 e. The van der Waals surface area contributed by atoms with Crippen molar-refractivity contribution in [3.8, 4) is 0 Å². The Morgan fingerprint density at radius 1 is 1.30 bits per heavy atom.